The minimum absolute atomic E-state index is 0.292. The van der Waals surface area contributed by atoms with Gasteiger partial charge in [0.15, 0.2) is 0 Å². The standard InChI is InChI=1S/C11H20N2O/c1-4-6-11(14-10(2)3)9-13-8-5-7-12-13/h5,7-8,10-11H,4,6,9H2,1-3H3. The van der Waals surface area contributed by atoms with E-state index in [0.29, 0.717) is 12.2 Å². The fourth-order valence-electron chi connectivity index (χ4n) is 1.53. The second-order valence-electron chi connectivity index (χ2n) is 3.82. The number of hydrogen-bond acceptors (Lipinski definition) is 2. The van der Waals surface area contributed by atoms with E-state index in [4.69, 9.17) is 4.74 Å². The normalized spacial score (nSPS) is 13.4. The van der Waals surface area contributed by atoms with Crippen LogP contribution in [-0.4, -0.2) is 22.0 Å². The van der Waals surface area contributed by atoms with Gasteiger partial charge in [0.1, 0.15) is 0 Å². The SMILES string of the molecule is CCCC(Cn1cccn1)OC(C)C. The summed E-state index contributed by atoms with van der Waals surface area (Å²) in [6, 6.07) is 1.94. The van der Waals surface area contributed by atoms with Crippen molar-refractivity contribution < 1.29 is 4.74 Å². The highest BCUT2D eigenvalue weighted by molar-refractivity contribution is 4.78. The average Bonchev–Trinajstić information content (AvgIpc) is 2.56. The molecule has 80 valence electrons. The first-order chi connectivity index (χ1) is 6.72. The van der Waals surface area contributed by atoms with Crippen molar-refractivity contribution in [2.24, 2.45) is 0 Å². The summed E-state index contributed by atoms with van der Waals surface area (Å²) in [4.78, 5) is 0. The molecule has 0 aliphatic heterocycles. The number of rotatable bonds is 6. The highest BCUT2D eigenvalue weighted by atomic mass is 16.5. The van der Waals surface area contributed by atoms with Crippen LogP contribution < -0.4 is 0 Å². The van der Waals surface area contributed by atoms with Gasteiger partial charge in [0, 0.05) is 12.4 Å². The van der Waals surface area contributed by atoms with Crippen LogP contribution in [0.5, 0.6) is 0 Å². The van der Waals surface area contributed by atoms with E-state index in [2.05, 4.69) is 25.9 Å². The van der Waals surface area contributed by atoms with E-state index < -0.39 is 0 Å². The maximum atomic E-state index is 5.80. The van der Waals surface area contributed by atoms with Crippen LogP contribution in [-0.2, 0) is 11.3 Å². The van der Waals surface area contributed by atoms with Gasteiger partial charge in [-0.1, -0.05) is 13.3 Å². The molecule has 1 atom stereocenters. The molecule has 1 rings (SSSR count). The zero-order valence-electron chi connectivity index (χ0n) is 9.31. The summed E-state index contributed by atoms with van der Waals surface area (Å²) in [6.07, 6.45) is 6.61. The Balaban J connectivity index is 2.42. The van der Waals surface area contributed by atoms with Crippen LogP contribution >= 0.6 is 0 Å². The summed E-state index contributed by atoms with van der Waals surface area (Å²) in [5.41, 5.74) is 0. The lowest BCUT2D eigenvalue weighted by Gasteiger charge is -2.19. The van der Waals surface area contributed by atoms with Crippen molar-refractivity contribution in [2.75, 3.05) is 0 Å². The Morgan fingerprint density at radius 1 is 1.43 bits per heavy atom. The van der Waals surface area contributed by atoms with Crippen LogP contribution in [0.3, 0.4) is 0 Å². The molecule has 14 heavy (non-hydrogen) atoms. The lowest BCUT2D eigenvalue weighted by Crippen LogP contribution is -2.23. The Kier molecular flexibility index (Phi) is 4.66. The maximum Gasteiger partial charge on any atom is 0.0774 e. The van der Waals surface area contributed by atoms with Gasteiger partial charge in [0.2, 0.25) is 0 Å². The van der Waals surface area contributed by atoms with Crippen molar-refractivity contribution in [1.29, 1.82) is 0 Å². The molecule has 0 fully saturated rings. The van der Waals surface area contributed by atoms with Crippen LogP contribution in [0.4, 0.5) is 0 Å². The zero-order chi connectivity index (χ0) is 10.4. The van der Waals surface area contributed by atoms with Gasteiger partial charge < -0.3 is 4.74 Å². The average molecular weight is 196 g/mol. The van der Waals surface area contributed by atoms with Crippen molar-refractivity contribution >= 4 is 0 Å². The molecule has 0 saturated carbocycles. The second-order valence-corrected chi connectivity index (χ2v) is 3.82. The van der Waals surface area contributed by atoms with Crippen molar-refractivity contribution in [3.63, 3.8) is 0 Å². The van der Waals surface area contributed by atoms with Crippen molar-refractivity contribution in [3.8, 4) is 0 Å². The summed E-state index contributed by atoms with van der Waals surface area (Å²) >= 11 is 0. The Bertz CT molecular complexity index is 231. The van der Waals surface area contributed by atoms with Crippen LogP contribution in [0.1, 0.15) is 33.6 Å². The molecule has 3 nitrogen and oxygen atoms in total. The van der Waals surface area contributed by atoms with E-state index in [-0.39, 0.29) is 0 Å². The molecule has 1 unspecified atom stereocenters. The number of nitrogens with zero attached hydrogens (tertiary/aromatic N) is 2. The van der Waals surface area contributed by atoms with E-state index in [1.165, 1.54) is 0 Å². The summed E-state index contributed by atoms with van der Waals surface area (Å²) in [5, 5.41) is 4.18. The minimum Gasteiger partial charge on any atom is -0.374 e. The fraction of sp³-hybridized carbons (Fsp3) is 0.727. The Hall–Kier alpha value is -0.830. The fourth-order valence-corrected chi connectivity index (χ4v) is 1.53. The van der Waals surface area contributed by atoms with E-state index in [1.54, 1.807) is 6.20 Å². The molecule has 0 bridgehead atoms. The molecule has 0 saturated heterocycles. The third kappa shape index (κ3) is 3.92. The second kappa shape index (κ2) is 5.81. The predicted octanol–water partition coefficient (Wildman–Crippen LogP) is 2.48. The van der Waals surface area contributed by atoms with Gasteiger partial charge in [-0.15, -0.1) is 0 Å². The van der Waals surface area contributed by atoms with Gasteiger partial charge in [-0.3, -0.25) is 4.68 Å². The first-order valence-electron chi connectivity index (χ1n) is 5.35. The molecule has 0 amide bonds. The number of ether oxygens (including phenoxy) is 1. The quantitative estimate of drug-likeness (QED) is 0.699. The summed E-state index contributed by atoms with van der Waals surface area (Å²) in [7, 11) is 0. The van der Waals surface area contributed by atoms with Gasteiger partial charge in [-0.05, 0) is 26.3 Å². The van der Waals surface area contributed by atoms with Crippen LogP contribution in [0.25, 0.3) is 0 Å². The van der Waals surface area contributed by atoms with Crippen molar-refractivity contribution in [3.05, 3.63) is 18.5 Å². The minimum atomic E-state index is 0.292. The first-order valence-corrected chi connectivity index (χ1v) is 5.35. The first kappa shape index (κ1) is 11.2. The molecule has 0 N–H and O–H groups in total. The topological polar surface area (TPSA) is 27.1 Å². The van der Waals surface area contributed by atoms with E-state index >= 15 is 0 Å². The highest BCUT2D eigenvalue weighted by Crippen LogP contribution is 2.07. The van der Waals surface area contributed by atoms with Gasteiger partial charge in [-0.25, -0.2) is 0 Å². The van der Waals surface area contributed by atoms with Gasteiger partial charge in [0.05, 0.1) is 18.8 Å². The molecule has 1 heterocycles. The molecule has 1 aromatic heterocycles. The molecule has 0 radical (unpaired) electrons. The van der Waals surface area contributed by atoms with E-state index in [1.807, 2.05) is 16.9 Å². The highest BCUT2D eigenvalue weighted by Gasteiger charge is 2.10. The van der Waals surface area contributed by atoms with Gasteiger partial charge >= 0.3 is 0 Å². The van der Waals surface area contributed by atoms with Gasteiger partial charge in [0.25, 0.3) is 0 Å². The number of hydrogen-bond donors (Lipinski definition) is 0. The number of aromatic nitrogens is 2. The van der Waals surface area contributed by atoms with Crippen molar-refractivity contribution in [2.45, 2.75) is 52.4 Å². The molecule has 0 spiro atoms. The third-order valence-electron chi connectivity index (χ3n) is 2.03. The lowest BCUT2D eigenvalue weighted by atomic mass is 10.2. The van der Waals surface area contributed by atoms with E-state index in [0.717, 1.165) is 19.4 Å². The van der Waals surface area contributed by atoms with E-state index in [9.17, 15) is 0 Å². The lowest BCUT2D eigenvalue weighted by molar-refractivity contribution is -0.00824. The predicted molar refractivity (Wildman–Crippen MR) is 57.1 cm³/mol. The Labute approximate surface area is 86.1 Å². The maximum absolute atomic E-state index is 5.80. The molecule has 0 aromatic carbocycles. The van der Waals surface area contributed by atoms with Crippen LogP contribution in [0.2, 0.25) is 0 Å². The molecule has 0 aliphatic carbocycles. The monoisotopic (exact) mass is 196 g/mol. The summed E-state index contributed by atoms with van der Waals surface area (Å²) in [5.74, 6) is 0. The molecular formula is C11H20N2O. The Morgan fingerprint density at radius 2 is 2.21 bits per heavy atom. The van der Waals surface area contributed by atoms with Gasteiger partial charge in [-0.2, -0.15) is 5.10 Å². The molecular weight excluding hydrogens is 176 g/mol. The molecule has 1 aromatic rings. The van der Waals surface area contributed by atoms with Crippen molar-refractivity contribution in [1.82, 2.24) is 9.78 Å². The largest absolute Gasteiger partial charge is 0.374 e. The summed E-state index contributed by atoms with van der Waals surface area (Å²) < 4.78 is 7.74. The van der Waals surface area contributed by atoms with Crippen LogP contribution in [0, 0.1) is 0 Å². The summed E-state index contributed by atoms with van der Waals surface area (Å²) in [6.45, 7) is 7.19. The Morgan fingerprint density at radius 3 is 2.71 bits per heavy atom. The smallest absolute Gasteiger partial charge is 0.0774 e. The zero-order valence-corrected chi connectivity index (χ0v) is 9.31. The van der Waals surface area contributed by atoms with Crippen LogP contribution in [0.15, 0.2) is 18.5 Å². The third-order valence-corrected chi connectivity index (χ3v) is 2.03. The molecule has 0 aliphatic rings. The molecule has 3 heteroatoms.